The van der Waals surface area contributed by atoms with Gasteiger partial charge in [-0.3, -0.25) is 4.79 Å². The van der Waals surface area contributed by atoms with Gasteiger partial charge in [0.05, 0.1) is 6.04 Å². The zero-order valence-electron chi connectivity index (χ0n) is 12.2. The van der Waals surface area contributed by atoms with Gasteiger partial charge in [0.2, 0.25) is 5.91 Å². The van der Waals surface area contributed by atoms with Crippen LogP contribution in [0.2, 0.25) is 5.02 Å². The van der Waals surface area contributed by atoms with Crippen LogP contribution < -0.4 is 5.32 Å². The van der Waals surface area contributed by atoms with Gasteiger partial charge in [-0.25, -0.2) is 0 Å². The van der Waals surface area contributed by atoms with Gasteiger partial charge in [0, 0.05) is 5.02 Å². The molecule has 0 saturated heterocycles. The maximum Gasteiger partial charge on any atom is 0.244 e. The van der Waals surface area contributed by atoms with Crippen molar-refractivity contribution in [2.24, 2.45) is 0 Å². The summed E-state index contributed by atoms with van der Waals surface area (Å²) in [7, 11) is 0. The van der Waals surface area contributed by atoms with E-state index in [1.54, 1.807) is 26.0 Å². The first-order valence-corrected chi connectivity index (χ1v) is 8.32. The number of rotatable bonds is 6. The molecule has 1 aromatic rings. The summed E-state index contributed by atoms with van der Waals surface area (Å²) < 4.78 is -1.33. The van der Waals surface area contributed by atoms with Crippen LogP contribution >= 0.6 is 46.4 Å². The number of carbonyl (C=O) groups excluding carboxylic acids is 1. The van der Waals surface area contributed by atoms with Crippen molar-refractivity contribution < 1.29 is 4.79 Å². The van der Waals surface area contributed by atoms with Crippen molar-refractivity contribution in [3.8, 4) is 0 Å². The molecule has 0 radical (unpaired) electrons. The molecule has 0 heterocycles. The predicted molar refractivity (Wildman–Crippen MR) is 91.6 cm³/mol. The van der Waals surface area contributed by atoms with Gasteiger partial charge in [-0.2, -0.15) is 0 Å². The third kappa shape index (κ3) is 4.19. The molecule has 6 heteroatoms. The molecule has 21 heavy (non-hydrogen) atoms. The van der Waals surface area contributed by atoms with Crippen LogP contribution in [0.15, 0.2) is 24.3 Å². The monoisotopic (exact) mass is 369 g/mol. The van der Waals surface area contributed by atoms with Crippen LogP contribution in [0.3, 0.4) is 0 Å². The van der Waals surface area contributed by atoms with E-state index in [1.807, 2.05) is 19.1 Å². The third-order valence-electron chi connectivity index (χ3n) is 3.59. The van der Waals surface area contributed by atoms with Crippen molar-refractivity contribution in [2.45, 2.75) is 48.9 Å². The lowest BCUT2D eigenvalue weighted by Gasteiger charge is -2.36. The number of hydrogen-bond acceptors (Lipinski definition) is 1. The minimum absolute atomic E-state index is 0.222. The first kappa shape index (κ1) is 18.9. The molecule has 118 valence electrons. The van der Waals surface area contributed by atoms with E-state index in [0.717, 1.165) is 5.56 Å². The van der Waals surface area contributed by atoms with E-state index in [-0.39, 0.29) is 11.9 Å². The number of halogens is 4. The molecule has 0 spiro atoms. The number of hydrogen-bond donors (Lipinski definition) is 1. The van der Waals surface area contributed by atoms with Gasteiger partial charge in [-0.1, -0.05) is 60.8 Å². The molecule has 0 aliphatic carbocycles. The second kappa shape index (κ2) is 7.41. The summed E-state index contributed by atoms with van der Waals surface area (Å²) in [5, 5.41) is 3.51. The highest BCUT2D eigenvalue weighted by Crippen LogP contribution is 2.44. The summed E-state index contributed by atoms with van der Waals surface area (Å²) >= 11 is 24.7. The van der Waals surface area contributed by atoms with Crippen LogP contribution in [0.5, 0.6) is 0 Å². The Bertz CT molecular complexity index is 489. The van der Waals surface area contributed by atoms with Crippen molar-refractivity contribution in [3.63, 3.8) is 0 Å². The molecule has 1 rings (SSSR count). The van der Waals surface area contributed by atoms with Crippen molar-refractivity contribution in [1.29, 1.82) is 0 Å². The van der Waals surface area contributed by atoms with Crippen molar-refractivity contribution in [1.82, 2.24) is 5.32 Å². The molecule has 0 aliphatic rings. The van der Waals surface area contributed by atoms with E-state index in [2.05, 4.69) is 5.32 Å². The summed E-state index contributed by atoms with van der Waals surface area (Å²) in [5.74, 6) is -0.374. The Kier molecular flexibility index (Phi) is 6.67. The molecule has 0 aliphatic heterocycles. The molecule has 1 aromatic carbocycles. The topological polar surface area (TPSA) is 29.1 Å². The Morgan fingerprint density at radius 2 is 1.67 bits per heavy atom. The standard InChI is InChI=1S/C15H19Cl4NO/c1-4-14(17,15(18,19)5-2)13(21)20-10(3)11-6-8-12(16)9-7-11/h6-10H,4-5H2,1-3H3,(H,20,21). The maximum absolute atomic E-state index is 12.5. The molecule has 0 aromatic heterocycles. The van der Waals surface area contributed by atoms with Crippen LogP contribution in [0.4, 0.5) is 0 Å². The fourth-order valence-electron chi connectivity index (χ4n) is 2.01. The first-order chi connectivity index (χ1) is 9.67. The molecule has 0 fully saturated rings. The molecular weight excluding hydrogens is 352 g/mol. The van der Waals surface area contributed by atoms with Gasteiger partial charge in [-0.15, -0.1) is 11.6 Å². The van der Waals surface area contributed by atoms with E-state index < -0.39 is 9.21 Å². The molecule has 2 unspecified atom stereocenters. The molecule has 2 atom stereocenters. The first-order valence-electron chi connectivity index (χ1n) is 6.81. The zero-order chi connectivity index (χ0) is 16.3. The Morgan fingerprint density at radius 3 is 2.10 bits per heavy atom. The van der Waals surface area contributed by atoms with E-state index in [0.29, 0.717) is 17.9 Å². The molecule has 0 saturated carbocycles. The van der Waals surface area contributed by atoms with E-state index in [1.165, 1.54) is 0 Å². The van der Waals surface area contributed by atoms with Gasteiger partial charge >= 0.3 is 0 Å². The van der Waals surface area contributed by atoms with Crippen LogP contribution in [-0.2, 0) is 4.79 Å². The number of amides is 1. The second-order valence-electron chi connectivity index (χ2n) is 4.96. The highest BCUT2D eigenvalue weighted by atomic mass is 35.5. The lowest BCUT2D eigenvalue weighted by molar-refractivity contribution is -0.124. The van der Waals surface area contributed by atoms with Crippen LogP contribution in [-0.4, -0.2) is 15.1 Å². The number of benzene rings is 1. The number of alkyl halides is 3. The summed E-state index contributed by atoms with van der Waals surface area (Å²) in [6, 6.07) is 7.02. The Morgan fingerprint density at radius 1 is 1.14 bits per heavy atom. The number of carbonyl (C=O) groups is 1. The molecule has 2 nitrogen and oxygen atoms in total. The lowest BCUT2D eigenvalue weighted by atomic mass is 9.96. The van der Waals surface area contributed by atoms with Crippen molar-refractivity contribution in [2.75, 3.05) is 0 Å². The quantitative estimate of drug-likeness (QED) is 0.659. The largest absolute Gasteiger partial charge is 0.348 e. The normalized spacial score (nSPS) is 16.1. The average molecular weight is 371 g/mol. The highest BCUT2D eigenvalue weighted by molar-refractivity contribution is 6.57. The minimum Gasteiger partial charge on any atom is -0.348 e. The SMILES string of the molecule is CCC(Cl)(Cl)C(Cl)(CC)C(=O)NC(C)c1ccc(Cl)cc1. The molecule has 1 amide bonds. The van der Waals surface area contributed by atoms with E-state index >= 15 is 0 Å². The lowest BCUT2D eigenvalue weighted by Crippen LogP contribution is -2.53. The summed E-state index contributed by atoms with van der Waals surface area (Å²) in [6.45, 7) is 5.45. The van der Waals surface area contributed by atoms with Gasteiger partial charge in [0.15, 0.2) is 4.87 Å². The van der Waals surface area contributed by atoms with Gasteiger partial charge < -0.3 is 5.32 Å². The van der Waals surface area contributed by atoms with E-state index in [4.69, 9.17) is 46.4 Å². The summed E-state index contributed by atoms with van der Waals surface area (Å²) in [4.78, 5) is 11.1. The fraction of sp³-hybridized carbons (Fsp3) is 0.533. The third-order valence-corrected chi connectivity index (χ3v) is 5.98. The number of nitrogens with one attached hydrogen (secondary N) is 1. The Labute approximate surface area is 146 Å². The van der Waals surface area contributed by atoms with Crippen molar-refractivity contribution in [3.05, 3.63) is 34.9 Å². The summed E-state index contributed by atoms with van der Waals surface area (Å²) in [6.07, 6.45) is 0.699. The van der Waals surface area contributed by atoms with Gasteiger partial charge in [0.1, 0.15) is 4.33 Å². The summed E-state index contributed by atoms with van der Waals surface area (Å²) in [5.41, 5.74) is 0.925. The maximum atomic E-state index is 12.5. The highest BCUT2D eigenvalue weighted by Gasteiger charge is 2.51. The molecule has 1 N–H and O–H groups in total. The Balaban J connectivity index is 2.90. The van der Waals surface area contributed by atoms with Crippen LogP contribution in [0.1, 0.15) is 45.2 Å². The van der Waals surface area contributed by atoms with Gasteiger partial charge in [-0.05, 0) is 37.5 Å². The second-order valence-corrected chi connectivity index (χ2v) is 7.52. The predicted octanol–water partition coefficient (Wildman–Crippen LogP) is 5.49. The average Bonchev–Trinajstić information content (AvgIpc) is 2.46. The van der Waals surface area contributed by atoms with Crippen molar-refractivity contribution >= 4 is 52.3 Å². The molecular formula is C15H19Cl4NO. The van der Waals surface area contributed by atoms with E-state index in [9.17, 15) is 4.79 Å². The smallest absolute Gasteiger partial charge is 0.244 e. The fourth-order valence-corrected chi connectivity index (χ4v) is 2.76. The minimum atomic E-state index is -1.37. The zero-order valence-corrected chi connectivity index (χ0v) is 15.2. The van der Waals surface area contributed by atoms with Crippen LogP contribution in [0, 0.1) is 0 Å². The van der Waals surface area contributed by atoms with Gasteiger partial charge in [0.25, 0.3) is 0 Å². The Hall–Kier alpha value is -0.150. The van der Waals surface area contributed by atoms with Crippen LogP contribution in [0.25, 0.3) is 0 Å². The molecule has 0 bridgehead atoms.